The third kappa shape index (κ3) is 7.16. The van der Waals surface area contributed by atoms with Gasteiger partial charge in [-0.3, -0.25) is 14.9 Å². The Bertz CT molecular complexity index is 889. The number of non-ortho nitro benzene ring substituents is 1. The molecular formula is C21H25Cl2N3O4. The number of rotatable bonds is 11. The monoisotopic (exact) mass is 453 g/mol. The van der Waals surface area contributed by atoms with E-state index in [4.69, 9.17) is 27.9 Å². The first-order chi connectivity index (χ1) is 14.3. The molecule has 0 aliphatic heterocycles. The number of benzene rings is 2. The molecule has 0 unspecified atom stereocenters. The van der Waals surface area contributed by atoms with Gasteiger partial charge in [-0.05, 0) is 43.3 Å². The summed E-state index contributed by atoms with van der Waals surface area (Å²) in [6, 6.07) is 9.33. The smallest absolute Gasteiger partial charge is 0.270 e. The number of aryl methyl sites for hydroxylation is 1. The molecular weight excluding hydrogens is 429 g/mol. The topological polar surface area (TPSA) is 84.7 Å². The molecule has 0 saturated carbocycles. The average molecular weight is 454 g/mol. The molecule has 0 spiro atoms. The molecule has 1 amide bonds. The van der Waals surface area contributed by atoms with E-state index in [1.807, 2.05) is 0 Å². The minimum absolute atomic E-state index is 0.0813. The third-order valence-electron chi connectivity index (χ3n) is 4.64. The molecule has 162 valence electrons. The molecule has 0 fully saturated rings. The fourth-order valence-corrected chi connectivity index (χ4v) is 3.35. The maximum atomic E-state index is 12.2. The molecule has 2 aromatic carbocycles. The first-order valence-electron chi connectivity index (χ1n) is 9.71. The van der Waals surface area contributed by atoms with E-state index in [0.29, 0.717) is 35.1 Å². The molecule has 9 heteroatoms. The normalized spacial score (nSPS) is 10.8. The van der Waals surface area contributed by atoms with Crippen LogP contribution in [-0.4, -0.2) is 42.0 Å². The number of anilines is 1. The van der Waals surface area contributed by atoms with Gasteiger partial charge in [0.2, 0.25) is 5.91 Å². The third-order valence-corrected chi connectivity index (χ3v) is 5.29. The van der Waals surface area contributed by atoms with E-state index in [2.05, 4.69) is 24.1 Å². The molecule has 2 rings (SSSR count). The summed E-state index contributed by atoms with van der Waals surface area (Å²) in [6.45, 7) is 7.47. The van der Waals surface area contributed by atoms with E-state index in [0.717, 1.165) is 19.6 Å². The van der Waals surface area contributed by atoms with Gasteiger partial charge in [-0.2, -0.15) is 0 Å². The van der Waals surface area contributed by atoms with E-state index >= 15 is 0 Å². The predicted molar refractivity (Wildman–Crippen MR) is 120 cm³/mol. The Morgan fingerprint density at radius 3 is 2.47 bits per heavy atom. The lowest BCUT2D eigenvalue weighted by atomic mass is 10.1. The van der Waals surface area contributed by atoms with E-state index in [-0.39, 0.29) is 23.0 Å². The predicted octanol–water partition coefficient (Wildman–Crippen LogP) is 5.19. The maximum absolute atomic E-state index is 12.2. The van der Waals surface area contributed by atoms with Crippen molar-refractivity contribution in [2.45, 2.75) is 26.7 Å². The van der Waals surface area contributed by atoms with Crippen LogP contribution in [0.1, 0.15) is 25.8 Å². The van der Waals surface area contributed by atoms with Crippen LogP contribution in [0.3, 0.4) is 0 Å². The van der Waals surface area contributed by atoms with Crippen molar-refractivity contribution in [2.75, 3.05) is 31.6 Å². The van der Waals surface area contributed by atoms with E-state index in [1.165, 1.54) is 12.1 Å². The summed E-state index contributed by atoms with van der Waals surface area (Å²) in [5.74, 6) is 0.357. The summed E-state index contributed by atoms with van der Waals surface area (Å²) in [7, 11) is 0. The van der Waals surface area contributed by atoms with Crippen LogP contribution in [0.2, 0.25) is 10.0 Å². The number of amides is 1. The molecule has 0 aliphatic carbocycles. The number of nitrogens with one attached hydrogen (secondary N) is 1. The molecule has 0 radical (unpaired) electrons. The van der Waals surface area contributed by atoms with Gasteiger partial charge in [-0.25, -0.2) is 0 Å². The van der Waals surface area contributed by atoms with Gasteiger partial charge in [-0.1, -0.05) is 43.1 Å². The Morgan fingerprint density at radius 1 is 1.13 bits per heavy atom. The maximum Gasteiger partial charge on any atom is 0.270 e. The molecule has 0 aromatic heterocycles. The number of carbonyl (C=O) groups excluding carboxylic acids is 1. The number of nitrogens with zero attached hydrogens (tertiary/aromatic N) is 2. The number of halogens is 2. The number of nitro benzene ring substituents is 1. The van der Waals surface area contributed by atoms with Gasteiger partial charge in [0.15, 0.2) is 0 Å². The molecule has 0 heterocycles. The van der Waals surface area contributed by atoms with Gasteiger partial charge in [0.05, 0.1) is 15.0 Å². The van der Waals surface area contributed by atoms with Crippen LogP contribution in [0, 0.1) is 10.1 Å². The molecule has 0 aliphatic rings. The van der Waals surface area contributed by atoms with E-state index < -0.39 is 4.92 Å². The van der Waals surface area contributed by atoms with Gasteiger partial charge in [0.1, 0.15) is 12.4 Å². The number of likely N-dealkylation sites (N-methyl/N-ethyl adjacent to an activating group) is 1. The lowest BCUT2D eigenvalue weighted by Crippen LogP contribution is -2.27. The highest BCUT2D eigenvalue weighted by atomic mass is 35.5. The van der Waals surface area contributed by atoms with Crippen LogP contribution in [0.15, 0.2) is 36.4 Å². The number of hydrogen-bond donors (Lipinski definition) is 1. The van der Waals surface area contributed by atoms with Gasteiger partial charge in [0, 0.05) is 30.8 Å². The Balaban J connectivity index is 1.86. The highest BCUT2D eigenvalue weighted by Gasteiger charge is 2.12. The largest absolute Gasteiger partial charge is 0.491 e. The van der Waals surface area contributed by atoms with Crippen molar-refractivity contribution in [3.05, 3.63) is 62.1 Å². The lowest BCUT2D eigenvalue weighted by Gasteiger charge is -2.18. The molecule has 0 saturated heterocycles. The number of nitro groups is 1. The van der Waals surface area contributed by atoms with Crippen molar-refractivity contribution in [3.63, 3.8) is 0 Å². The summed E-state index contributed by atoms with van der Waals surface area (Å²) in [5.41, 5.74) is 1.16. The fourth-order valence-electron chi connectivity index (χ4n) is 2.84. The summed E-state index contributed by atoms with van der Waals surface area (Å²) >= 11 is 12.3. The summed E-state index contributed by atoms with van der Waals surface area (Å²) in [6.07, 6.45) is 0.542. The van der Waals surface area contributed by atoms with Gasteiger partial charge in [-0.15, -0.1) is 0 Å². The first kappa shape index (κ1) is 23.9. The van der Waals surface area contributed by atoms with Crippen molar-refractivity contribution < 1.29 is 14.5 Å². The van der Waals surface area contributed by atoms with Crippen molar-refractivity contribution in [3.8, 4) is 5.75 Å². The van der Waals surface area contributed by atoms with Crippen LogP contribution >= 0.6 is 23.2 Å². The zero-order valence-electron chi connectivity index (χ0n) is 17.0. The SMILES string of the molecule is CCN(CC)CCOc1ccc(NC(=O)CCc2ccc([N+](=O)[O-])cc2Cl)cc1Cl. The Hall–Kier alpha value is -2.35. The van der Waals surface area contributed by atoms with E-state index in [9.17, 15) is 14.9 Å². The minimum atomic E-state index is -0.511. The molecule has 0 bridgehead atoms. The summed E-state index contributed by atoms with van der Waals surface area (Å²) in [5, 5.41) is 14.2. The molecule has 2 aromatic rings. The van der Waals surface area contributed by atoms with E-state index in [1.54, 1.807) is 24.3 Å². The molecule has 1 N–H and O–H groups in total. The van der Waals surface area contributed by atoms with Crippen molar-refractivity contribution in [2.24, 2.45) is 0 Å². The first-order valence-corrected chi connectivity index (χ1v) is 10.5. The van der Waals surface area contributed by atoms with Crippen molar-refractivity contribution in [1.29, 1.82) is 0 Å². The molecule has 7 nitrogen and oxygen atoms in total. The number of hydrogen-bond acceptors (Lipinski definition) is 5. The number of ether oxygens (including phenoxy) is 1. The van der Waals surface area contributed by atoms with Crippen LogP contribution in [0.25, 0.3) is 0 Å². The van der Waals surface area contributed by atoms with Gasteiger partial charge >= 0.3 is 0 Å². The highest BCUT2D eigenvalue weighted by Crippen LogP contribution is 2.28. The van der Waals surface area contributed by atoms with Gasteiger partial charge in [0.25, 0.3) is 5.69 Å². The van der Waals surface area contributed by atoms with Crippen LogP contribution in [0.4, 0.5) is 11.4 Å². The van der Waals surface area contributed by atoms with Crippen molar-refractivity contribution >= 4 is 40.5 Å². The number of carbonyl (C=O) groups is 1. The lowest BCUT2D eigenvalue weighted by molar-refractivity contribution is -0.384. The Labute approximate surface area is 186 Å². The van der Waals surface area contributed by atoms with Crippen molar-refractivity contribution in [1.82, 2.24) is 4.90 Å². The van der Waals surface area contributed by atoms with Crippen LogP contribution in [-0.2, 0) is 11.2 Å². The summed E-state index contributed by atoms with van der Waals surface area (Å²) < 4.78 is 5.73. The standard InChI is InChI=1S/C21H25Cl2N3O4/c1-3-25(4-2)11-12-30-20-9-7-16(13-19(20)23)24-21(27)10-6-15-5-8-17(26(28)29)14-18(15)22/h5,7-9,13-14H,3-4,6,10-12H2,1-2H3,(H,24,27). The quantitative estimate of drug-likeness (QED) is 0.373. The molecule has 0 atom stereocenters. The zero-order valence-corrected chi connectivity index (χ0v) is 18.5. The second kappa shape index (κ2) is 11.7. The second-order valence-electron chi connectivity index (χ2n) is 6.60. The van der Waals surface area contributed by atoms with Gasteiger partial charge < -0.3 is 15.0 Å². The average Bonchev–Trinajstić information content (AvgIpc) is 2.71. The Kier molecular flexibility index (Phi) is 9.36. The fraction of sp³-hybridized carbons (Fsp3) is 0.381. The summed E-state index contributed by atoms with van der Waals surface area (Å²) in [4.78, 5) is 24.7. The zero-order chi connectivity index (χ0) is 22.1. The Morgan fingerprint density at radius 2 is 1.87 bits per heavy atom. The highest BCUT2D eigenvalue weighted by molar-refractivity contribution is 6.32. The van der Waals surface area contributed by atoms with Crippen LogP contribution < -0.4 is 10.1 Å². The second-order valence-corrected chi connectivity index (χ2v) is 7.42. The minimum Gasteiger partial charge on any atom is -0.491 e. The van der Waals surface area contributed by atoms with Crippen LogP contribution in [0.5, 0.6) is 5.75 Å². The molecule has 30 heavy (non-hydrogen) atoms.